The van der Waals surface area contributed by atoms with Gasteiger partial charge in [0.2, 0.25) is 5.91 Å². The second-order valence-electron chi connectivity index (χ2n) is 4.53. The third-order valence-corrected chi connectivity index (χ3v) is 4.43. The lowest BCUT2D eigenvalue weighted by Gasteiger charge is -2.16. The molecule has 0 aliphatic heterocycles. The van der Waals surface area contributed by atoms with Crippen LogP contribution < -0.4 is 5.73 Å². The molecule has 1 aromatic rings. The summed E-state index contributed by atoms with van der Waals surface area (Å²) in [6.07, 6.45) is 0.660. The Morgan fingerprint density at radius 3 is 2.37 bits per heavy atom. The normalized spacial score (nSPS) is 11.3. The molecule has 0 aliphatic rings. The molecule has 0 aromatic heterocycles. The lowest BCUT2D eigenvalue weighted by Crippen LogP contribution is -2.34. The van der Waals surface area contributed by atoms with Crippen LogP contribution in [0.2, 0.25) is 0 Å². The molecule has 106 valence electrons. The molecular weight excluding hydrogens is 264 g/mol. The highest BCUT2D eigenvalue weighted by atomic mass is 32.2. The zero-order valence-corrected chi connectivity index (χ0v) is 12.1. The van der Waals surface area contributed by atoms with Gasteiger partial charge in [-0.2, -0.15) is 0 Å². The number of rotatable bonds is 6. The number of nitrogens with two attached hydrogens (primary N) is 1. The van der Waals surface area contributed by atoms with E-state index >= 15 is 0 Å². The van der Waals surface area contributed by atoms with Crippen LogP contribution in [0.1, 0.15) is 12.0 Å². The monoisotopic (exact) mass is 284 g/mol. The Hall–Kier alpha value is -1.40. The maximum atomic E-state index is 12.1. The van der Waals surface area contributed by atoms with Crippen molar-refractivity contribution in [2.45, 2.75) is 18.2 Å². The van der Waals surface area contributed by atoms with Crippen LogP contribution in [0.4, 0.5) is 0 Å². The van der Waals surface area contributed by atoms with Gasteiger partial charge >= 0.3 is 0 Å². The van der Waals surface area contributed by atoms with Crippen LogP contribution >= 0.6 is 0 Å². The minimum Gasteiger partial charge on any atom is -0.345 e. The Morgan fingerprint density at radius 2 is 1.84 bits per heavy atom. The van der Waals surface area contributed by atoms with E-state index in [9.17, 15) is 13.2 Å². The molecule has 0 atom stereocenters. The van der Waals surface area contributed by atoms with Crippen molar-refractivity contribution in [3.8, 4) is 0 Å². The van der Waals surface area contributed by atoms with E-state index in [0.29, 0.717) is 19.5 Å². The van der Waals surface area contributed by atoms with E-state index in [2.05, 4.69) is 0 Å². The average molecular weight is 284 g/mol. The molecule has 19 heavy (non-hydrogen) atoms. The van der Waals surface area contributed by atoms with Crippen LogP contribution in [0.15, 0.2) is 29.2 Å². The van der Waals surface area contributed by atoms with Crippen LogP contribution in [-0.2, 0) is 14.6 Å². The molecule has 0 heterocycles. The van der Waals surface area contributed by atoms with Crippen LogP contribution in [0, 0.1) is 6.92 Å². The van der Waals surface area contributed by atoms with Gasteiger partial charge < -0.3 is 10.6 Å². The summed E-state index contributed by atoms with van der Waals surface area (Å²) in [6, 6.07) is 6.49. The molecule has 0 radical (unpaired) electrons. The summed E-state index contributed by atoms with van der Waals surface area (Å²) in [6.45, 7) is 2.82. The lowest BCUT2D eigenvalue weighted by molar-refractivity contribution is -0.127. The smallest absolute Gasteiger partial charge is 0.237 e. The Kier molecular flexibility index (Phi) is 5.50. The summed E-state index contributed by atoms with van der Waals surface area (Å²) in [4.78, 5) is 13.4. The maximum absolute atomic E-state index is 12.1. The molecular formula is C13H20N2O3S. The van der Waals surface area contributed by atoms with Crippen molar-refractivity contribution in [2.75, 3.05) is 25.9 Å². The van der Waals surface area contributed by atoms with Crippen molar-refractivity contribution >= 4 is 15.7 Å². The van der Waals surface area contributed by atoms with Crippen molar-refractivity contribution in [2.24, 2.45) is 5.73 Å². The predicted octanol–water partition coefficient (Wildman–Crippen LogP) is 0.576. The maximum Gasteiger partial charge on any atom is 0.237 e. The quantitative estimate of drug-likeness (QED) is 0.828. The molecule has 1 rings (SSSR count). The molecule has 0 saturated heterocycles. The zero-order chi connectivity index (χ0) is 14.5. The molecule has 6 heteroatoms. The van der Waals surface area contributed by atoms with Gasteiger partial charge in [0, 0.05) is 13.6 Å². The number of nitrogens with zero attached hydrogens (tertiary/aromatic N) is 1. The molecule has 0 aliphatic carbocycles. The van der Waals surface area contributed by atoms with Gasteiger partial charge in [0.15, 0.2) is 9.84 Å². The largest absolute Gasteiger partial charge is 0.345 e. The third-order valence-electron chi connectivity index (χ3n) is 2.82. The number of hydrogen-bond donors (Lipinski definition) is 1. The van der Waals surface area contributed by atoms with Crippen molar-refractivity contribution in [1.29, 1.82) is 0 Å². The second kappa shape index (κ2) is 6.68. The van der Waals surface area contributed by atoms with Gasteiger partial charge in [0.1, 0.15) is 5.75 Å². The first kappa shape index (κ1) is 15.7. The molecule has 1 amide bonds. The summed E-state index contributed by atoms with van der Waals surface area (Å²) in [5.74, 6) is -0.911. The lowest BCUT2D eigenvalue weighted by atomic mass is 10.2. The van der Waals surface area contributed by atoms with E-state index in [1.807, 2.05) is 6.92 Å². The summed E-state index contributed by atoms with van der Waals surface area (Å²) in [5, 5.41) is 0. The number of amides is 1. The van der Waals surface area contributed by atoms with Gasteiger partial charge in [-0.15, -0.1) is 0 Å². The number of carbonyl (C=O) groups excluding carboxylic acids is 1. The molecule has 1 aromatic carbocycles. The fourth-order valence-electron chi connectivity index (χ4n) is 1.55. The van der Waals surface area contributed by atoms with Crippen molar-refractivity contribution in [3.63, 3.8) is 0 Å². The van der Waals surface area contributed by atoms with E-state index in [0.717, 1.165) is 5.56 Å². The molecule has 0 fully saturated rings. The van der Waals surface area contributed by atoms with Gasteiger partial charge in [-0.3, -0.25) is 4.79 Å². The Balaban J connectivity index is 2.74. The fourth-order valence-corrected chi connectivity index (χ4v) is 2.82. The van der Waals surface area contributed by atoms with Crippen molar-refractivity contribution in [1.82, 2.24) is 4.90 Å². The fraction of sp³-hybridized carbons (Fsp3) is 0.462. The predicted molar refractivity (Wildman–Crippen MR) is 74.5 cm³/mol. The summed E-state index contributed by atoms with van der Waals surface area (Å²) in [7, 11) is -1.98. The summed E-state index contributed by atoms with van der Waals surface area (Å²) >= 11 is 0. The van der Waals surface area contributed by atoms with Crippen LogP contribution in [-0.4, -0.2) is 45.1 Å². The van der Waals surface area contributed by atoms with Crippen molar-refractivity contribution in [3.05, 3.63) is 29.8 Å². The molecule has 0 bridgehead atoms. The molecule has 0 saturated carbocycles. The molecule has 0 unspecified atom stereocenters. The number of benzene rings is 1. The Morgan fingerprint density at radius 1 is 1.26 bits per heavy atom. The highest BCUT2D eigenvalue weighted by molar-refractivity contribution is 7.92. The molecule has 5 nitrogen and oxygen atoms in total. The Bertz CT molecular complexity index is 523. The van der Waals surface area contributed by atoms with Crippen LogP contribution in [0.25, 0.3) is 0 Å². The van der Waals surface area contributed by atoms with Gasteiger partial charge in [-0.1, -0.05) is 17.7 Å². The first-order valence-electron chi connectivity index (χ1n) is 6.10. The first-order chi connectivity index (χ1) is 8.86. The average Bonchev–Trinajstić information content (AvgIpc) is 2.35. The van der Waals surface area contributed by atoms with E-state index in [1.165, 1.54) is 17.0 Å². The summed E-state index contributed by atoms with van der Waals surface area (Å²) < 4.78 is 24.1. The number of carbonyl (C=O) groups is 1. The SMILES string of the molecule is Cc1ccc(S(=O)(=O)CC(=O)N(C)CCCN)cc1. The van der Waals surface area contributed by atoms with Crippen LogP contribution in [0.5, 0.6) is 0 Å². The summed E-state index contributed by atoms with van der Waals surface area (Å²) in [5.41, 5.74) is 6.33. The van der Waals surface area contributed by atoms with Gasteiger partial charge in [-0.25, -0.2) is 8.42 Å². The minimum absolute atomic E-state index is 0.179. The first-order valence-corrected chi connectivity index (χ1v) is 7.75. The zero-order valence-electron chi connectivity index (χ0n) is 11.3. The standard InChI is InChI=1S/C13H20N2O3S/c1-11-4-6-12(7-5-11)19(17,18)10-13(16)15(2)9-3-8-14/h4-7H,3,8-10,14H2,1-2H3. The molecule has 2 N–H and O–H groups in total. The second-order valence-corrected chi connectivity index (χ2v) is 6.52. The number of sulfone groups is 1. The van der Waals surface area contributed by atoms with E-state index in [-0.39, 0.29) is 4.90 Å². The number of hydrogen-bond acceptors (Lipinski definition) is 4. The van der Waals surface area contributed by atoms with E-state index in [4.69, 9.17) is 5.73 Å². The molecule has 0 spiro atoms. The van der Waals surface area contributed by atoms with Gasteiger partial charge in [0.05, 0.1) is 4.90 Å². The van der Waals surface area contributed by atoms with E-state index in [1.54, 1.807) is 19.2 Å². The van der Waals surface area contributed by atoms with Crippen LogP contribution in [0.3, 0.4) is 0 Å². The highest BCUT2D eigenvalue weighted by Crippen LogP contribution is 2.12. The Labute approximate surface area is 114 Å². The topological polar surface area (TPSA) is 80.5 Å². The minimum atomic E-state index is -3.57. The number of aryl methyl sites for hydroxylation is 1. The van der Waals surface area contributed by atoms with Crippen molar-refractivity contribution < 1.29 is 13.2 Å². The van der Waals surface area contributed by atoms with Gasteiger partial charge in [-0.05, 0) is 32.0 Å². The highest BCUT2D eigenvalue weighted by Gasteiger charge is 2.21. The van der Waals surface area contributed by atoms with E-state index < -0.39 is 21.5 Å². The van der Waals surface area contributed by atoms with Gasteiger partial charge in [0.25, 0.3) is 0 Å². The third kappa shape index (κ3) is 4.65.